The number of hydrogen-bond donors (Lipinski definition) is 0. The molecule has 7 nitrogen and oxygen atoms in total. The second-order valence-corrected chi connectivity index (χ2v) is 8.61. The standard InChI is InChI=1S/C22H22N6OS/c1-14-13-30-22(24-14)17-12-23-27(2)20(17)18(29)10-15-8-9-28-19(11-15)25-21(26-28)16-6-4-3-5-7-16/h3-7,12-13,15H,8-11H2,1-2H3. The van der Waals surface area contributed by atoms with Crippen LogP contribution in [-0.4, -0.2) is 35.3 Å². The summed E-state index contributed by atoms with van der Waals surface area (Å²) in [4.78, 5) is 22.5. The van der Waals surface area contributed by atoms with Crippen molar-refractivity contribution in [3.8, 4) is 22.0 Å². The lowest BCUT2D eigenvalue weighted by Crippen LogP contribution is -2.23. The number of rotatable bonds is 5. The number of carbonyl (C=O) groups is 1. The summed E-state index contributed by atoms with van der Waals surface area (Å²) in [5.74, 6) is 2.07. The van der Waals surface area contributed by atoms with Gasteiger partial charge in [-0.25, -0.2) is 14.6 Å². The van der Waals surface area contributed by atoms with Crippen LogP contribution < -0.4 is 0 Å². The first kappa shape index (κ1) is 18.9. The van der Waals surface area contributed by atoms with Crippen LogP contribution in [0.5, 0.6) is 0 Å². The Morgan fingerprint density at radius 1 is 1.23 bits per heavy atom. The monoisotopic (exact) mass is 418 g/mol. The van der Waals surface area contributed by atoms with Gasteiger partial charge in [-0.1, -0.05) is 30.3 Å². The summed E-state index contributed by atoms with van der Waals surface area (Å²) in [6, 6.07) is 10.0. The van der Waals surface area contributed by atoms with Crippen LogP contribution in [0, 0.1) is 12.8 Å². The lowest BCUT2D eigenvalue weighted by Gasteiger charge is -2.21. The quantitative estimate of drug-likeness (QED) is 0.459. The molecular formula is C22H22N6OS. The fraction of sp³-hybridized carbons (Fsp3) is 0.318. The summed E-state index contributed by atoms with van der Waals surface area (Å²) in [6.45, 7) is 2.75. The van der Waals surface area contributed by atoms with Crippen LogP contribution in [0.4, 0.5) is 0 Å². The Bertz CT molecular complexity index is 1210. The molecule has 1 unspecified atom stereocenters. The molecule has 1 atom stereocenters. The Morgan fingerprint density at radius 2 is 2.07 bits per heavy atom. The van der Waals surface area contributed by atoms with Gasteiger partial charge in [-0.3, -0.25) is 9.48 Å². The van der Waals surface area contributed by atoms with E-state index in [0.717, 1.165) is 52.9 Å². The summed E-state index contributed by atoms with van der Waals surface area (Å²) in [5.41, 5.74) is 3.44. The number of benzene rings is 1. The van der Waals surface area contributed by atoms with E-state index in [1.807, 2.05) is 54.4 Å². The molecule has 8 heteroatoms. The lowest BCUT2D eigenvalue weighted by atomic mass is 9.91. The van der Waals surface area contributed by atoms with E-state index in [1.54, 1.807) is 22.2 Å². The third kappa shape index (κ3) is 3.47. The van der Waals surface area contributed by atoms with E-state index >= 15 is 0 Å². The van der Waals surface area contributed by atoms with Crippen LogP contribution in [-0.2, 0) is 20.0 Å². The molecule has 0 N–H and O–H groups in total. The van der Waals surface area contributed by atoms with E-state index in [9.17, 15) is 4.79 Å². The average Bonchev–Trinajstić information content (AvgIpc) is 3.46. The highest BCUT2D eigenvalue weighted by Gasteiger charge is 2.27. The summed E-state index contributed by atoms with van der Waals surface area (Å²) in [5, 5.41) is 11.8. The Morgan fingerprint density at radius 3 is 2.83 bits per heavy atom. The molecule has 4 aromatic rings. The number of aromatic nitrogens is 6. The second kappa shape index (κ2) is 7.60. The molecule has 152 valence electrons. The van der Waals surface area contributed by atoms with Crippen molar-refractivity contribution in [2.24, 2.45) is 13.0 Å². The lowest BCUT2D eigenvalue weighted by molar-refractivity contribution is 0.0944. The fourth-order valence-electron chi connectivity index (χ4n) is 4.01. The van der Waals surface area contributed by atoms with E-state index in [4.69, 9.17) is 4.98 Å². The normalized spacial score (nSPS) is 15.9. The molecule has 0 bridgehead atoms. The summed E-state index contributed by atoms with van der Waals surface area (Å²) in [6.07, 6.45) is 3.90. The van der Waals surface area contributed by atoms with Crippen LogP contribution in [0.25, 0.3) is 22.0 Å². The Hall–Kier alpha value is -3.13. The number of aryl methyl sites for hydroxylation is 3. The van der Waals surface area contributed by atoms with E-state index < -0.39 is 0 Å². The van der Waals surface area contributed by atoms with Crippen LogP contribution in [0.1, 0.15) is 34.8 Å². The smallest absolute Gasteiger partial charge is 0.181 e. The van der Waals surface area contributed by atoms with E-state index in [1.165, 1.54) is 0 Å². The van der Waals surface area contributed by atoms with Crippen molar-refractivity contribution >= 4 is 17.1 Å². The Kier molecular flexibility index (Phi) is 4.78. The summed E-state index contributed by atoms with van der Waals surface area (Å²) in [7, 11) is 1.82. The SMILES string of the molecule is Cc1csc(-c2cnn(C)c2C(=O)CC2CCn3nc(-c4ccccc4)nc3C2)n1. The number of thiazole rings is 1. The van der Waals surface area contributed by atoms with Gasteiger partial charge < -0.3 is 0 Å². The summed E-state index contributed by atoms with van der Waals surface area (Å²) < 4.78 is 3.66. The maximum absolute atomic E-state index is 13.2. The van der Waals surface area contributed by atoms with Gasteiger partial charge in [-0.05, 0) is 19.3 Å². The highest BCUT2D eigenvalue weighted by Crippen LogP contribution is 2.30. The average molecular weight is 419 g/mol. The number of ketones is 1. The molecule has 1 aliphatic rings. The minimum Gasteiger partial charge on any atom is -0.292 e. The first-order valence-corrected chi connectivity index (χ1v) is 10.9. The van der Waals surface area contributed by atoms with Gasteiger partial charge in [0.15, 0.2) is 11.6 Å². The van der Waals surface area contributed by atoms with Gasteiger partial charge in [0.25, 0.3) is 0 Å². The molecule has 1 aliphatic heterocycles. The number of nitrogens with zero attached hydrogens (tertiary/aromatic N) is 6. The highest BCUT2D eigenvalue weighted by molar-refractivity contribution is 7.13. The molecule has 0 radical (unpaired) electrons. The number of hydrogen-bond acceptors (Lipinski definition) is 6. The molecule has 0 saturated heterocycles. The molecule has 0 amide bonds. The molecular weight excluding hydrogens is 396 g/mol. The van der Waals surface area contributed by atoms with Crippen molar-refractivity contribution in [2.75, 3.05) is 0 Å². The predicted molar refractivity (Wildman–Crippen MR) is 115 cm³/mol. The second-order valence-electron chi connectivity index (χ2n) is 7.75. The van der Waals surface area contributed by atoms with Crippen molar-refractivity contribution in [1.29, 1.82) is 0 Å². The van der Waals surface area contributed by atoms with Gasteiger partial charge in [0, 0.05) is 43.1 Å². The zero-order valence-corrected chi connectivity index (χ0v) is 17.8. The number of Topliss-reactive ketones (excluding diaryl/α,β-unsaturated/α-hetero) is 1. The minimum atomic E-state index is 0.110. The van der Waals surface area contributed by atoms with Crippen LogP contribution in [0.3, 0.4) is 0 Å². The van der Waals surface area contributed by atoms with Gasteiger partial charge in [-0.15, -0.1) is 11.3 Å². The fourth-order valence-corrected chi connectivity index (χ4v) is 4.82. The van der Waals surface area contributed by atoms with Crippen LogP contribution in [0.15, 0.2) is 41.9 Å². The third-order valence-electron chi connectivity index (χ3n) is 5.53. The molecule has 0 spiro atoms. The van der Waals surface area contributed by atoms with Gasteiger partial charge >= 0.3 is 0 Å². The summed E-state index contributed by atoms with van der Waals surface area (Å²) >= 11 is 1.55. The van der Waals surface area contributed by atoms with E-state index in [2.05, 4.69) is 15.2 Å². The van der Waals surface area contributed by atoms with Crippen molar-refractivity contribution in [2.45, 2.75) is 32.7 Å². The maximum atomic E-state index is 13.2. The van der Waals surface area contributed by atoms with Crippen molar-refractivity contribution in [3.63, 3.8) is 0 Å². The molecule has 0 fully saturated rings. The van der Waals surface area contributed by atoms with Gasteiger partial charge in [0.1, 0.15) is 16.5 Å². The van der Waals surface area contributed by atoms with Crippen LogP contribution >= 0.6 is 11.3 Å². The van der Waals surface area contributed by atoms with E-state index in [0.29, 0.717) is 12.1 Å². The highest BCUT2D eigenvalue weighted by atomic mass is 32.1. The number of carbonyl (C=O) groups excluding carboxylic acids is 1. The maximum Gasteiger partial charge on any atom is 0.181 e. The van der Waals surface area contributed by atoms with Crippen molar-refractivity contribution in [1.82, 2.24) is 29.5 Å². The van der Waals surface area contributed by atoms with Crippen molar-refractivity contribution < 1.29 is 4.79 Å². The zero-order chi connectivity index (χ0) is 20.7. The largest absolute Gasteiger partial charge is 0.292 e. The van der Waals surface area contributed by atoms with E-state index in [-0.39, 0.29) is 11.7 Å². The minimum absolute atomic E-state index is 0.110. The molecule has 1 aromatic carbocycles. The Labute approximate surface area is 178 Å². The predicted octanol–water partition coefficient (Wildman–Crippen LogP) is 3.95. The molecule has 30 heavy (non-hydrogen) atoms. The molecule has 0 aliphatic carbocycles. The van der Waals surface area contributed by atoms with Gasteiger partial charge in [0.2, 0.25) is 0 Å². The Balaban J connectivity index is 1.34. The molecule has 3 aromatic heterocycles. The topological polar surface area (TPSA) is 78.5 Å². The van der Waals surface area contributed by atoms with Crippen LogP contribution in [0.2, 0.25) is 0 Å². The molecule has 0 saturated carbocycles. The molecule has 5 rings (SSSR count). The third-order valence-corrected chi connectivity index (χ3v) is 6.52. The first-order chi connectivity index (χ1) is 14.6. The van der Waals surface area contributed by atoms with Gasteiger partial charge in [-0.2, -0.15) is 10.2 Å². The first-order valence-electron chi connectivity index (χ1n) is 10.1. The zero-order valence-electron chi connectivity index (χ0n) is 16.9. The van der Waals surface area contributed by atoms with Gasteiger partial charge in [0.05, 0.1) is 11.8 Å². The number of fused-ring (bicyclic) bond motifs is 1. The van der Waals surface area contributed by atoms with Crippen molar-refractivity contribution in [3.05, 3.63) is 59.1 Å². The molecule has 4 heterocycles.